The lowest BCUT2D eigenvalue weighted by Gasteiger charge is -2.17. The van der Waals surface area contributed by atoms with E-state index >= 15 is 0 Å². The predicted octanol–water partition coefficient (Wildman–Crippen LogP) is 2.90. The van der Waals surface area contributed by atoms with Gasteiger partial charge in [-0.3, -0.25) is 0 Å². The van der Waals surface area contributed by atoms with Gasteiger partial charge in [-0.15, -0.1) is 0 Å². The minimum Gasteiger partial charge on any atom is -0.390 e. The molecule has 2 heterocycles. The molecule has 0 aliphatic carbocycles. The van der Waals surface area contributed by atoms with Gasteiger partial charge in [0, 0.05) is 6.54 Å². The highest BCUT2D eigenvalue weighted by atomic mass is 35.5. The Labute approximate surface area is 149 Å². The lowest BCUT2D eigenvalue weighted by atomic mass is 9.94. The molecule has 0 spiro atoms. The SMILES string of the molecule is O=S(=O)(c1ccccc1)N1CC2ON=C(c3c(F)cccc3Cl)C2C1. The summed E-state index contributed by atoms with van der Waals surface area (Å²) >= 11 is 6.11. The van der Waals surface area contributed by atoms with Crippen LogP contribution in [0.4, 0.5) is 4.39 Å². The maximum absolute atomic E-state index is 14.2. The molecule has 0 bridgehead atoms. The zero-order chi connectivity index (χ0) is 17.6. The molecule has 2 aliphatic heterocycles. The Bertz CT molecular complexity index is 929. The number of rotatable bonds is 3. The fourth-order valence-corrected chi connectivity index (χ4v) is 4.97. The highest BCUT2D eigenvalue weighted by molar-refractivity contribution is 7.89. The van der Waals surface area contributed by atoms with Crippen molar-refractivity contribution in [2.75, 3.05) is 13.1 Å². The number of sulfonamides is 1. The standard InChI is InChI=1S/C17H14ClFN2O3S/c18-13-7-4-8-14(19)16(13)17-12-9-21(10-15(12)24-20-17)25(22,23)11-5-2-1-3-6-11/h1-8,12,15H,9-10H2. The summed E-state index contributed by atoms with van der Waals surface area (Å²) in [6.07, 6.45) is -0.441. The quantitative estimate of drug-likeness (QED) is 0.822. The van der Waals surface area contributed by atoms with Crippen LogP contribution in [0, 0.1) is 11.7 Å². The van der Waals surface area contributed by atoms with Gasteiger partial charge in [-0.2, -0.15) is 4.31 Å². The first-order valence-electron chi connectivity index (χ1n) is 7.72. The van der Waals surface area contributed by atoms with Gasteiger partial charge >= 0.3 is 0 Å². The van der Waals surface area contributed by atoms with Gasteiger partial charge in [0.25, 0.3) is 0 Å². The van der Waals surface area contributed by atoms with Gasteiger partial charge in [-0.25, -0.2) is 12.8 Å². The number of hydrogen-bond acceptors (Lipinski definition) is 4. The third-order valence-corrected chi connectivity index (χ3v) is 6.63. The smallest absolute Gasteiger partial charge is 0.243 e. The van der Waals surface area contributed by atoms with E-state index < -0.39 is 21.9 Å². The zero-order valence-electron chi connectivity index (χ0n) is 13.0. The van der Waals surface area contributed by atoms with Gasteiger partial charge in [-0.1, -0.05) is 41.0 Å². The molecule has 2 aromatic carbocycles. The van der Waals surface area contributed by atoms with Crippen molar-refractivity contribution in [3.8, 4) is 0 Å². The van der Waals surface area contributed by atoms with Crippen molar-refractivity contribution in [3.05, 3.63) is 64.9 Å². The highest BCUT2D eigenvalue weighted by Crippen LogP contribution is 2.35. The average molecular weight is 381 g/mol. The van der Waals surface area contributed by atoms with E-state index in [1.54, 1.807) is 36.4 Å². The van der Waals surface area contributed by atoms with Crippen LogP contribution in [0.25, 0.3) is 0 Å². The minimum atomic E-state index is -3.64. The minimum absolute atomic E-state index is 0.168. The Morgan fingerprint density at radius 1 is 1.12 bits per heavy atom. The van der Waals surface area contributed by atoms with Crippen LogP contribution in [0.3, 0.4) is 0 Å². The summed E-state index contributed by atoms with van der Waals surface area (Å²) in [5.41, 5.74) is 0.537. The average Bonchev–Trinajstić information content (AvgIpc) is 3.18. The van der Waals surface area contributed by atoms with Crippen molar-refractivity contribution < 1.29 is 17.6 Å². The van der Waals surface area contributed by atoms with Gasteiger partial charge in [0.15, 0.2) is 6.10 Å². The van der Waals surface area contributed by atoms with Crippen molar-refractivity contribution in [1.82, 2.24) is 4.31 Å². The monoisotopic (exact) mass is 380 g/mol. The van der Waals surface area contributed by atoms with E-state index in [-0.39, 0.29) is 34.5 Å². The first-order valence-corrected chi connectivity index (χ1v) is 9.53. The fraction of sp³-hybridized carbons (Fsp3) is 0.235. The second-order valence-electron chi connectivity index (χ2n) is 5.96. The number of benzene rings is 2. The summed E-state index contributed by atoms with van der Waals surface area (Å²) < 4.78 is 41.1. The van der Waals surface area contributed by atoms with Gasteiger partial charge in [-0.05, 0) is 24.3 Å². The number of halogens is 2. The molecule has 5 nitrogen and oxygen atoms in total. The zero-order valence-corrected chi connectivity index (χ0v) is 14.5. The molecule has 2 aromatic rings. The molecule has 4 rings (SSSR count). The molecule has 2 atom stereocenters. The maximum Gasteiger partial charge on any atom is 0.243 e. The van der Waals surface area contributed by atoms with Crippen LogP contribution >= 0.6 is 11.6 Å². The van der Waals surface area contributed by atoms with E-state index in [2.05, 4.69) is 5.16 Å². The Balaban J connectivity index is 1.64. The number of fused-ring (bicyclic) bond motifs is 1. The first-order chi connectivity index (χ1) is 12.0. The first kappa shape index (κ1) is 16.5. The molecule has 0 N–H and O–H groups in total. The van der Waals surface area contributed by atoms with E-state index in [4.69, 9.17) is 16.4 Å². The molecule has 0 saturated carbocycles. The van der Waals surface area contributed by atoms with Crippen LogP contribution in [0.15, 0.2) is 58.6 Å². The van der Waals surface area contributed by atoms with Crippen LogP contribution in [-0.4, -0.2) is 37.6 Å². The molecule has 8 heteroatoms. The van der Waals surface area contributed by atoms with Crippen LogP contribution in [0.1, 0.15) is 5.56 Å². The van der Waals surface area contributed by atoms with Crippen molar-refractivity contribution >= 4 is 27.3 Å². The normalized spacial score (nSPS) is 23.2. The van der Waals surface area contributed by atoms with E-state index in [9.17, 15) is 12.8 Å². The third kappa shape index (κ3) is 2.72. The topological polar surface area (TPSA) is 59.0 Å². The highest BCUT2D eigenvalue weighted by Gasteiger charge is 2.47. The van der Waals surface area contributed by atoms with E-state index in [0.29, 0.717) is 5.71 Å². The molecule has 1 fully saturated rings. The van der Waals surface area contributed by atoms with Crippen molar-refractivity contribution in [1.29, 1.82) is 0 Å². The van der Waals surface area contributed by atoms with Gasteiger partial charge in [0.2, 0.25) is 10.0 Å². The summed E-state index contributed by atoms with van der Waals surface area (Å²) in [6.45, 7) is 0.340. The Morgan fingerprint density at radius 3 is 2.60 bits per heavy atom. The predicted molar refractivity (Wildman–Crippen MR) is 91.5 cm³/mol. The van der Waals surface area contributed by atoms with Crippen LogP contribution < -0.4 is 0 Å². The van der Waals surface area contributed by atoms with Crippen molar-refractivity contribution in [3.63, 3.8) is 0 Å². The Hall–Kier alpha value is -1.96. The second-order valence-corrected chi connectivity index (χ2v) is 8.30. The van der Waals surface area contributed by atoms with Crippen LogP contribution in [0.5, 0.6) is 0 Å². The molecule has 0 radical (unpaired) electrons. The maximum atomic E-state index is 14.2. The Kier molecular flexibility index (Phi) is 4.02. The molecular weight excluding hydrogens is 367 g/mol. The molecule has 0 amide bonds. The molecule has 2 unspecified atom stereocenters. The number of oxime groups is 1. The second kappa shape index (κ2) is 6.09. The third-order valence-electron chi connectivity index (χ3n) is 4.47. The van der Waals surface area contributed by atoms with Gasteiger partial charge in [0.05, 0.1) is 33.7 Å². The lowest BCUT2D eigenvalue weighted by molar-refractivity contribution is 0.0803. The largest absolute Gasteiger partial charge is 0.390 e. The molecule has 25 heavy (non-hydrogen) atoms. The summed E-state index contributed by atoms with van der Waals surface area (Å²) in [5.74, 6) is -0.854. The van der Waals surface area contributed by atoms with Crippen LogP contribution in [-0.2, 0) is 14.9 Å². The van der Waals surface area contributed by atoms with Gasteiger partial charge < -0.3 is 4.84 Å². The van der Waals surface area contributed by atoms with Gasteiger partial charge in [0.1, 0.15) is 5.82 Å². The molecule has 0 aromatic heterocycles. The molecule has 130 valence electrons. The molecule has 2 aliphatic rings. The lowest BCUT2D eigenvalue weighted by Crippen LogP contribution is -2.30. The van der Waals surface area contributed by atoms with Crippen LogP contribution in [0.2, 0.25) is 5.02 Å². The Morgan fingerprint density at radius 2 is 1.88 bits per heavy atom. The van der Waals surface area contributed by atoms with Crippen molar-refractivity contribution in [2.45, 2.75) is 11.0 Å². The van der Waals surface area contributed by atoms with E-state index in [1.807, 2.05) is 0 Å². The fourth-order valence-electron chi connectivity index (χ4n) is 3.21. The van der Waals surface area contributed by atoms with Crippen molar-refractivity contribution in [2.24, 2.45) is 11.1 Å². The molecule has 1 saturated heterocycles. The molecular formula is C17H14ClFN2O3S. The van der Waals surface area contributed by atoms with E-state index in [1.165, 1.54) is 16.4 Å². The summed E-state index contributed by atoms with van der Waals surface area (Å²) in [4.78, 5) is 5.59. The van der Waals surface area contributed by atoms with E-state index in [0.717, 1.165) is 0 Å². The number of nitrogens with zero attached hydrogens (tertiary/aromatic N) is 2. The number of hydrogen-bond donors (Lipinski definition) is 0. The summed E-state index contributed by atoms with van der Waals surface area (Å²) in [7, 11) is -3.64. The summed E-state index contributed by atoms with van der Waals surface area (Å²) in [5, 5.41) is 4.20. The summed E-state index contributed by atoms with van der Waals surface area (Å²) in [6, 6.07) is 12.6.